The van der Waals surface area contributed by atoms with Crippen LogP contribution in [-0.2, 0) is 58.1 Å². The molecule has 6 aromatic rings. The van der Waals surface area contributed by atoms with Gasteiger partial charge < -0.3 is 63.3 Å². The number of rotatable bonds is 30. The minimum Gasteiger partial charge on any atom is -0.444 e. The summed E-state index contributed by atoms with van der Waals surface area (Å²) in [5.41, 5.74) is 20.2. The number of ether oxygens (including phenoxy) is 3. The maximum absolute atomic E-state index is 14.4. The molecule has 0 aliphatic heterocycles. The quantitative estimate of drug-likeness (QED) is 0.0115. The van der Waals surface area contributed by atoms with Gasteiger partial charge in [0.25, 0.3) is 17.7 Å². The molecule has 3 atom stereocenters. The lowest BCUT2D eigenvalue weighted by molar-refractivity contribution is -0.119. The van der Waals surface area contributed by atoms with E-state index in [1.165, 1.54) is 72.8 Å². The van der Waals surface area contributed by atoms with Gasteiger partial charge in [0.05, 0.1) is 14.7 Å². The third-order valence-electron chi connectivity index (χ3n) is 15.2. The summed E-state index contributed by atoms with van der Waals surface area (Å²) in [6.45, 7) is 15.7. The van der Waals surface area contributed by atoms with Gasteiger partial charge in [0, 0.05) is 42.6 Å². The number of hydrogen-bond acceptors (Lipinski definition) is 18. The van der Waals surface area contributed by atoms with E-state index in [9.17, 15) is 54.0 Å². The molecule has 6 aromatic carbocycles. The van der Waals surface area contributed by atoms with Crippen LogP contribution in [0.5, 0.6) is 0 Å². The molecule has 6 amide bonds. The molecule has 6 rings (SSSR count). The molecule has 97 heavy (non-hydrogen) atoms. The van der Waals surface area contributed by atoms with Crippen LogP contribution in [0.2, 0.25) is 0 Å². The van der Waals surface area contributed by atoms with Crippen LogP contribution in [0.1, 0.15) is 143 Å². The summed E-state index contributed by atoms with van der Waals surface area (Å²) in [4.78, 5) is 72.3. The molecule has 0 saturated heterocycles. The van der Waals surface area contributed by atoms with Crippen molar-refractivity contribution in [2.75, 3.05) is 35.6 Å². The van der Waals surface area contributed by atoms with Crippen LogP contribution in [0.25, 0.3) is 0 Å². The zero-order valence-electron chi connectivity index (χ0n) is 56.2. The van der Waals surface area contributed by atoms with Crippen molar-refractivity contribution in [2.45, 2.75) is 172 Å². The van der Waals surface area contributed by atoms with Crippen LogP contribution in [0.4, 0.5) is 31.4 Å². The topological polar surface area (TPSA) is 383 Å². The summed E-state index contributed by atoms with van der Waals surface area (Å²) in [6, 6.07) is 41.3. The maximum Gasteiger partial charge on any atom is 0.407 e. The van der Waals surface area contributed by atoms with E-state index >= 15 is 0 Å². The Hall–Kier alpha value is -8.73. The molecule has 0 saturated carbocycles. The third-order valence-corrected chi connectivity index (χ3v) is 21.9. The lowest BCUT2D eigenvalue weighted by Gasteiger charge is -2.29. The van der Waals surface area contributed by atoms with Crippen LogP contribution < -0.4 is 49.1 Å². The summed E-state index contributed by atoms with van der Waals surface area (Å²) in [5.74, 6) is -3.80. The van der Waals surface area contributed by atoms with Gasteiger partial charge in [-0.25, -0.2) is 39.6 Å². The SMILES string of the molecule is CC(C)(C)OC(=O)NCCCC[C@@](N)(C(=O)Nc1ccc(C(c2ccc(NC(=O)[C@](N)(CCCCNC(=O)OC(C)(C)C)S(=O)(=O)c3ccccc3)cc2)c2ccc(NC(=O)[C@](N)(CCCCNC(=O)OC(C)(C)C)S(=O)(=O)c3ccccc3)cc2)cc1)S(=O)(=O)c1ccccc1. The highest BCUT2D eigenvalue weighted by atomic mass is 32.2. The van der Waals surface area contributed by atoms with Gasteiger partial charge in [0.15, 0.2) is 0 Å². The van der Waals surface area contributed by atoms with Crippen molar-refractivity contribution < 1.29 is 68.2 Å². The fraction of sp³-hybridized carbons (Fsp3) is 0.400. The zero-order chi connectivity index (χ0) is 71.7. The van der Waals surface area contributed by atoms with E-state index in [0.29, 0.717) is 16.7 Å². The maximum atomic E-state index is 14.4. The highest BCUT2D eigenvalue weighted by Gasteiger charge is 2.50. The smallest absolute Gasteiger partial charge is 0.407 e. The predicted octanol–water partition coefficient (Wildman–Crippen LogP) is 10.2. The molecule has 0 heterocycles. The van der Waals surface area contributed by atoms with Gasteiger partial charge in [-0.15, -0.1) is 0 Å². The van der Waals surface area contributed by atoms with Crippen molar-refractivity contribution in [3.8, 4) is 0 Å². The molecular formula is C70H91N9O15S3. The number of nitrogens with one attached hydrogen (secondary N) is 6. The van der Waals surface area contributed by atoms with Gasteiger partial charge in [-0.2, -0.15) is 0 Å². The summed E-state index contributed by atoms with van der Waals surface area (Å²) in [7, 11) is -13.7. The molecule has 0 fully saturated rings. The van der Waals surface area contributed by atoms with Crippen molar-refractivity contribution in [3.63, 3.8) is 0 Å². The number of hydrogen-bond donors (Lipinski definition) is 9. The Balaban J connectivity index is 1.32. The minimum atomic E-state index is -4.55. The lowest BCUT2D eigenvalue weighted by Crippen LogP contribution is -2.57. The first-order valence-electron chi connectivity index (χ1n) is 31.7. The first kappa shape index (κ1) is 77.3. The second kappa shape index (κ2) is 32.5. The minimum absolute atomic E-state index is 0.102. The van der Waals surface area contributed by atoms with Crippen LogP contribution in [-0.4, -0.2) is 112 Å². The number of sulfone groups is 3. The molecule has 0 aliphatic carbocycles. The van der Waals surface area contributed by atoms with Crippen LogP contribution in [0, 0.1) is 0 Å². The molecule has 0 unspecified atom stereocenters. The summed E-state index contributed by atoms with van der Waals surface area (Å²) >= 11 is 0. The Kier molecular flexibility index (Phi) is 25.9. The molecule has 27 heteroatoms. The monoisotopic (exact) mass is 1390 g/mol. The van der Waals surface area contributed by atoms with Crippen molar-refractivity contribution in [2.24, 2.45) is 17.2 Å². The van der Waals surface area contributed by atoms with E-state index in [1.807, 2.05) is 0 Å². The third kappa shape index (κ3) is 20.9. The molecule has 0 aliphatic rings. The molecule has 0 radical (unpaired) electrons. The van der Waals surface area contributed by atoms with Crippen molar-refractivity contribution in [3.05, 3.63) is 180 Å². The normalized spacial score (nSPS) is 14.1. The van der Waals surface area contributed by atoms with Crippen molar-refractivity contribution in [1.29, 1.82) is 0 Å². The number of unbranched alkanes of at least 4 members (excludes halogenated alkanes) is 3. The Morgan fingerprint density at radius 1 is 0.340 bits per heavy atom. The Morgan fingerprint density at radius 2 is 0.557 bits per heavy atom. The van der Waals surface area contributed by atoms with Crippen molar-refractivity contribution >= 4 is 82.6 Å². The Labute approximate surface area is 569 Å². The fourth-order valence-electron chi connectivity index (χ4n) is 10.2. The second-order valence-electron chi connectivity index (χ2n) is 26.4. The second-order valence-corrected chi connectivity index (χ2v) is 33.1. The number of alkyl carbamates (subject to hydrolysis) is 3. The average molecular weight is 1390 g/mol. The predicted molar refractivity (Wildman–Crippen MR) is 372 cm³/mol. The van der Waals surface area contributed by atoms with E-state index in [4.69, 9.17) is 31.4 Å². The molecule has 12 N–H and O–H groups in total. The van der Waals surface area contributed by atoms with Gasteiger partial charge in [-0.3, -0.25) is 14.4 Å². The summed E-state index contributed by atoms with van der Waals surface area (Å²) in [5, 5.41) is 16.0. The molecule has 24 nitrogen and oxygen atoms in total. The first-order chi connectivity index (χ1) is 45.3. The highest BCUT2D eigenvalue weighted by Crippen LogP contribution is 2.37. The number of carbonyl (C=O) groups excluding carboxylic acids is 6. The van der Waals surface area contributed by atoms with E-state index in [2.05, 4.69) is 31.9 Å². The summed E-state index contributed by atoms with van der Waals surface area (Å²) in [6.07, 6.45) is -1.97. The number of anilines is 3. The van der Waals surface area contributed by atoms with Gasteiger partial charge in [0.2, 0.25) is 44.1 Å². The number of nitrogens with two attached hydrogens (primary N) is 3. The largest absolute Gasteiger partial charge is 0.444 e. The fourth-order valence-corrected chi connectivity index (χ4v) is 15.1. The van der Waals surface area contributed by atoms with Gasteiger partial charge in [0.1, 0.15) is 16.8 Å². The van der Waals surface area contributed by atoms with Gasteiger partial charge >= 0.3 is 18.3 Å². The van der Waals surface area contributed by atoms with E-state index < -0.39 is 103 Å². The van der Waals surface area contributed by atoms with E-state index in [-0.39, 0.29) is 109 Å². The van der Waals surface area contributed by atoms with Gasteiger partial charge in [-0.05, 0) is 210 Å². The molecule has 524 valence electrons. The Morgan fingerprint density at radius 3 is 0.763 bits per heavy atom. The van der Waals surface area contributed by atoms with Crippen LogP contribution >= 0.6 is 0 Å². The molecule has 0 aromatic heterocycles. The summed E-state index contributed by atoms with van der Waals surface area (Å²) < 4.78 is 102. The van der Waals surface area contributed by atoms with Crippen LogP contribution in [0.15, 0.2) is 178 Å². The Bertz CT molecular complexity index is 3610. The first-order valence-corrected chi connectivity index (χ1v) is 36.2. The van der Waals surface area contributed by atoms with Crippen LogP contribution in [0.3, 0.4) is 0 Å². The molecule has 0 spiro atoms. The standard InChI is InChI=1S/C70H91N9O15S3/c1-65(2,3)92-62(83)74-46-22-19-43-68(71,95(86,87)55-25-13-10-14-26-55)59(80)77-52-37-31-49(32-38-52)58(50-33-39-53(40-34-50)78-60(81)69(72,96(88,89)56-27-15-11-16-28-56)44-20-23-47-75-63(84)93-66(4,5)6)51-35-41-54(42-36-51)79-61(82)70(73,97(90,91)57-29-17-12-18-30-57)45-21-24-48-76-64(85)94-67(7,8)9/h10-18,25-42,58H,19-24,43-48,71-73H2,1-9H3,(H,74,83)(H,75,84)(H,76,85)(H,77,80)(H,78,81)(H,79,82)/t68-,69-,70-/m0/s1. The van der Waals surface area contributed by atoms with Crippen molar-refractivity contribution in [1.82, 2.24) is 16.0 Å². The number of carbonyl (C=O) groups is 6. The zero-order valence-corrected chi connectivity index (χ0v) is 58.7. The van der Waals surface area contributed by atoms with E-state index in [1.54, 1.807) is 153 Å². The molecule has 0 bridgehead atoms. The molecular weight excluding hydrogens is 1300 g/mol. The highest BCUT2D eigenvalue weighted by molar-refractivity contribution is 7.94. The lowest BCUT2D eigenvalue weighted by atomic mass is 9.85. The number of amides is 6. The number of benzene rings is 6. The average Bonchev–Trinajstić information content (AvgIpc) is 0.778. The van der Waals surface area contributed by atoms with Gasteiger partial charge in [-0.1, -0.05) is 91.0 Å². The van der Waals surface area contributed by atoms with E-state index in [0.717, 1.165) is 0 Å².